The summed E-state index contributed by atoms with van der Waals surface area (Å²) in [5, 5.41) is 0. The molecule has 0 aliphatic carbocycles. The number of nitrogens with zero attached hydrogens (tertiary/aromatic N) is 1. The fourth-order valence-corrected chi connectivity index (χ4v) is 2.46. The van der Waals surface area contributed by atoms with Crippen LogP contribution in [0.2, 0.25) is 0 Å². The van der Waals surface area contributed by atoms with Crippen molar-refractivity contribution >= 4 is 21.8 Å². The first-order chi connectivity index (χ1) is 9.72. The Morgan fingerprint density at radius 3 is 2.65 bits per heavy atom. The van der Waals surface area contributed by atoms with E-state index in [4.69, 9.17) is 9.15 Å². The normalized spacial score (nSPS) is 14.9. The van der Waals surface area contributed by atoms with Gasteiger partial charge in [0.15, 0.2) is 10.4 Å². The van der Waals surface area contributed by atoms with Crippen LogP contribution in [0.4, 0.5) is 0 Å². The van der Waals surface area contributed by atoms with Crippen molar-refractivity contribution in [3.8, 4) is 5.75 Å². The van der Waals surface area contributed by atoms with Crippen molar-refractivity contribution in [3.63, 3.8) is 0 Å². The molecule has 1 aliphatic rings. The molecule has 2 aromatic rings. The van der Waals surface area contributed by atoms with Crippen molar-refractivity contribution < 1.29 is 13.9 Å². The molecular formula is C15H14BrNO3. The molecule has 3 rings (SSSR count). The van der Waals surface area contributed by atoms with Gasteiger partial charge in [-0.1, -0.05) is 18.2 Å². The molecule has 0 atom stereocenters. The van der Waals surface area contributed by atoms with E-state index in [0.717, 1.165) is 5.75 Å². The molecule has 1 fully saturated rings. The standard InChI is InChI=1S/C15H14BrNO3/c16-14-7-6-13(20-14)15(18)17-8-11(9-17)10-19-12-4-2-1-3-5-12/h1-7,11H,8-10H2. The average molecular weight is 336 g/mol. The summed E-state index contributed by atoms with van der Waals surface area (Å²) < 4.78 is 11.5. The number of hydrogen-bond acceptors (Lipinski definition) is 3. The Morgan fingerprint density at radius 2 is 2.00 bits per heavy atom. The maximum atomic E-state index is 12.0. The average Bonchev–Trinajstić information content (AvgIpc) is 2.84. The molecule has 0 unspecified atom stereocenters. The van der Waals surface area contributed by atoms with Gasteiger partial charge in [-0.25, -0.2) is 0 Å². The molecular weight excluding hydrogens is 322 g/mol. The van der Waals surface area contributed by atoms with Gasteiger partial charge in [-0.05, 0) is 40.2 Å². The highest BCUT2D eigenvalue weighted by atomic mass is 79.9. The molecule has 2 heterocycles. The number of para-hydroxylation sites is 1. The zero-order valence-corrected chi connectivity index (χ0v) is 12.4. The Kier molecular flexibility index (Phi) is 3.78. The quantitative estimate of drug-likeness (QED) is 0.861. The number of likely N-dealkylation sites (tertiary alicyclic amines) is 1. The third-order valence-corrected chi connectivity index (χ3v) is 3.68. The van der Waals surface area contributed by atoms with E-state index in [0.29, 0.717) is 36.0 Å². The van der Waals surface area contributed by atoms with Crippen molar-refractivity contribution in [2.75, 3.05) is 19.7 Å². The van der Waals surface area contributed by atoms with Crippen LogP contribution in [-0.2, 0) is 0 Å². The van der Waals surface area contributed by atoms with E-state index in [1.54, 1.807) is 17.0 Å². The minimum absolute atomic E-state index is 0.0633. The van der Waals surface area contributed by atoms with Crippen LogP contribution in [0.25, 0.3) is 0 Å². The van der Waals surface area contributed by atoms with E-state index < -0.39 is 0 Å². The number of halogens is 1. The largest absolute Gasteiger partial charge is 0.493 e. The Labute approximate surface area is 125 Å². The van der Waals surface area contributed by atoms with Crippen molar-refractivity contribution in [1.29, 1.82) is 0 Å². The second kappa shape index (κ2) is 5.71. The van der Waals surface area contributed by atoms with Gasteiger partial charge in [0.05, 0.1) is 6.61 Å². The van der Waals surface area contributed by atoms with Gasteiger partial charge in [-0.2, -0.15) is 0 Å². The van der Waals surface area contributed by atoms with Crippen LogP contribution in [0.3, 0.4) is 0 Å². The third kappa shape index (κ3) is 2.88. The number of carbonyl (C=O) groups excluding carboxylic acids is 1. The van der Waals surface area contributed by atoms with E-state index >= 15 is 0 Å². The number of ether oxygens (including phenoxy) is 1. The lowest BCUT2D eigenvalue weighted by atomic mass is 10.0. The fourth-order valence-electron chi connectivity index (χ4n) is 2.16. The Bertz CT molecular complexity index is 590. The van der Waals surface area contributed by atoms with Gasteiger partial charge in [0.25, 0.3) is 5.91 Å². The molecule has 1 saturated heterocycles. The van der Waals surface area contributed by atoms with Gasteiger partial charge in [-0.15, -0.1) is 0 Å². The summed E-state index contributed by atoms with van der Waals surface area (Å²) >= 11 is 3.19. The van der Waals surface area contributed by atoms with E-state index in [2.05, 4.69) is 15.9 Å². The van der Waals surface area contributed by atoms with Crippen molar-refractivity contribution in [3.05, 3.63) is 52.9 Å². The molecule has 104 valence electrons. The minimum Gasteiger partial charge on any atom is -0.493 e. The number of rotatable bonds is 4. The topological polar surface area (TPSA) is 42.7 Å². The molecule has 1 amide bonds. The van der Waals surface area contributed by atoms with E-state index in [1.807, 2.05) is 30.3 Å². The van der Waals surface area contributed by atoms with Crippen molar-refractivity contribution in [2.24, 2.45) is 5.92 Å². The highest BCUT2D eigenvalue weighted by Gasteiger charge is 2.32. The lowest BCUT2D eigenvalue weighted by Crippen LogP contribution is -2.51. The summed E-state index contributed by atoms with van der Waals surface area (Å²) in [5.41, 5.74) is 0. The Morgan fingerprint density at radius 1 is 1.25 bits per heavy atom. The van der Waals surface area contributed by atoms with Gasteiger partial charge in [0.1, 0.15) is 5.75 Å². The summed E-state index contributed by atoms with van der Waals surface area (Å²) in [6, 6.07) is 13.1. The molecule has 1 aromatic heterocycles. The molecule has 0 bridgehead atoms. The number of amides is 1. The molecule has 0 spiro atoms. The molecule has 1 aromatic carbocycles. The van der Waals surface area contributed by atoms with Crippen LogP contribution >= 0.6 is 15.9 Å². The molecule has 1 aliphatic heterocycles. The van der Waals surface area contributed by atoms with Crippen LogP contribution in [-0.4, -0.2) is 30.5 Å². The second-order valence-corrected chi connectivity index (χ2v) is 5.59. The summed E-state index contributed by atoms with van der Waals surface area (Å²) in [4.78, 5) is 13.8. The summed E-state index contributed by atoms with van der Waals surface area (Å²) in [5.74, 6) is 1.57. The van der Waals surface area contributed by atoms with E-state index in [9.17, 15) is 4.79 Å². The minimum atomic E-state index is -0.0633. The maximum Gasteiger partial charge on any atom is 0.289 e. The summed E-state index contributed by atoms with van der Waals surface area (Å²) in [6.07, 6.45) is 0. The lowest BCUT2D eigenvalue weighted by Gasteiger charge is -2.38. The molecule has 20 heavy (non-hydrogen) atoms. The predicted octanol–water partition coefficient (Wildman–Crippen LogP) is 3.19. The molecule has 0 N–H and O–H groups in total. The van der Waals surface area contributed by atoms with Crippen LogP contribution in [0.5, 0.6) is 5.75 Å². The molecule has 4 nitrogen and oxygen atoms in total. The first-order valence-electron chi connectivity index (χ1n) is 6.45. The second-order valence-electron chi connectivity index (χ2n) is 4.80. The van der Waals surface area contributed by atoms with E-state index in [-0.39, 0.29) is 5.91 Å². The highest BCUT2D eigenvalue weighted by molar-refractivity contribution is 9.10. The Balaban J connectivity index is 1.46. The molecule has 0 radical (unpaired) electrons. The summed E-state index contributed by atoms with van der Waals surface area (Å²) in [7, 11) is 0. The van der Waals surface area contributed by atoms with Crippen LogP contribution in [0.15, 0.2) is 51.6 Å². The van der Waals surface area contributed by atoms with Crippen molar-refractivity contribution in [1.82, 2.24) is 4.90 Å². The summed E-state index contributed by atoms with van der Waals surface area (Å²) in [6.45, 7) is 2.06. The Hall–Kier alpha value is -1.75. The smallest absolute Gasteiger partial charge is 0.289 e. The maximum absolute atomic E-state index is 12.0. The van der Waals surface area contributed by atoms with Crippen LogP contribution in [0, 0.1) is 5.92 Å². The van der Waals surface area contributed by atoms with Gasteiger partial charge in [-0.3, -0.25) is 4.79 Å². The number of furan rings is 1. The van der Waals surface area contributed by atoms with Gasteiger partial charge in [0, 0.05) is 19.0 Å². The number of carbonyl (C=O) groups is 1. The van der Waals surface area contributed by atoms with Crippen molar-refractivity contribution in [2.45, 2.75) is 0 Å². The zero-order chi connectivity index (χ0) is 13.9. The fraction of sp³-hybridized carbons (Fsp3) is 0.267. The highest BCUT2D eigenvalue weighted by Crippen LogP contribution is 2.22. The van der Waals surface area contributed by atoms with Gasteiger partial charge < -0.3 is 14.1 Å². The molecule has 5 heteroatoms. The van der Waals surface area contributed by atoms with Gasteiger partial charge >= 0.3 is 0 Å². The predicted molar refractivity (Wildman–Crippen MR) is 77.7 cm³/mol. The van der Waals surface area contributed by atoms with E-state index in [1.165, 1.54) is 0 Å². The SMILES string of the molecule is O=C(c1ccc(Br)o1)N1CC(COc2ccccc2)C1. The number of hydrogen-bond donors (Lipinski definition) is 0. The monoisotopic (exact) mass is 335 g/mol. The first kappa shape index (κ1) is 13.2. The number of benzene rings is 1. The zero-order valence-electron chi connectivity index (χ0n) is 10.8. The van der Waals surface area contributed by atoms with Crippen LogP contribution in [0.1, 0.15) is 10.6 Å². The van der Waals surface area contributed by atoms with Crippen LogP contribution < -0.4 is 4.74 Å². The third-order valence-electron chi connectivity index (χ3n) is 3.26. The molecule has 0 saturated carbocycles. The van der Waals surface area contributed by atoms with Gasteiger partial charge in [0.2, 0.25) is 0 Å². The lowest BCUT2D eigenvalue weighted by molar-refractivity contribution is 0.0363. The first-order valence-corrected chi connectivity index (χ1v) is 7.24.